The van der Waals surface area contributed by atoms with Gasteiger partial charge in [0.2, 0.25) is 0 Å². The molecule has 0 heteroatoms. The van der Waals surface area contributed by atoms with Crippen molar-refractivity contribution in [2.75, 3.05) is 0 Å². The summed E-state index contributed by atoms with van der Waals surface area (Å²) in [4.78, 5) is 0. The lowest BCUT2D eigenvalue weighted by Crippen LogP contribution is -2.00. The van der Waals surface area contributed by atoms with Gasteiger partial charge in [0.05, 0.1) is 0 Å². The average molecular weight is 511 g/mol. The minimum absolute atomic E-state index is 1.17. The van der Waals surface area contributed by atoms with E-state index in [0.717, 1.165) is 0 Å². The Morgan fingerprint density at radius 2 is 0.775 bits per heavy atom. The van der Waals surface area contributed by atoms with E-state index < -0.39 is 0 Å². The third-order valence-corrected chi connectivity index (χ3v) is 7.10. The van der Waals surface area contributed by atoms with Crippen LogP contribution in [0.1, 0.15) is 33.4 Å². The lowest BCUT2D eigenvalue weighted by Gasteiger charge is -2.21. The Hall–Kier alpha value is -5.20. The Balaban J connectivity index is 1.71. The summed E-state index contributed by atoms with van der Waals surface area (Å²) in [6.07, 6.45) is 4.64. The predicted octanol–water partition coefficient (Wildman–Crippen LogP) is 10.5. The number of hydrogen-bond acceptors (Lipinski definition) is 0. The van der Waals surface area contributed by atoms with Gasteiger partial charge >= 0.3 is 0 Å². The normalized spacial score (nSPS) is 11.8. The molecule has 0 aliphatic heterocycles. The topological polar surface area (TPSA) is 0 Å². The molecule has 0 heterocycles. The molecule has 0 atom stereocenters. The first-order valence-corrected chi connectivity index (χ1v) is 13.7. The predicted molar refractivity (Wildman–Crippen MR) is 172 cm³/mol. The molecular formula is C40H30. The molecule has 6 aromatic rings. The number of hydrogen-bond donors (Lipinski definition) is 0. The Kier molecular flexibility index (Phi) is 7.60. The zero-order valence-electron chi connectivity index (χ0n) is 22.3. The summed E-state index contributed by atoms with van der Waals surface area (Å²) in [6.45, 7) is 0. The Bertz CT molecular complexity index is 1730. The van der Waals surface area contributed by atoms with Crippen LogP contribution in [0.2, 0.25) is 0 Å². The lowest BCUT2D eigenvalue weighted by atomic mass is 9.82. The molecule has 0 bridgehead atoms. The van der Waals surface area contributed by atoms with Crippen molar-refractivity contribution in [1.29, 1.82) is 0 Å². The quantitative estimate of drug-likeness (QED) is 0.187. The highest BCUT2D eigenvalue weighted by atomic mass is 14.2. The molecule has 0 amide bonds. The number of rotatable bonds is 7. The molecule has 0 radical (unpaired) electrons. The van der Waals surface area contributed by atoms with Crippen molar-refractivity contribution in [3.63, 3.8) is 0 Å². The summed E-state index contributed by atoms with van der Waals surface area (Å²) in [6, 6.07) is 60.1. The first kappa shape index (κ1) is 25.1. The largest absolute Gasteiger partial charge is 0.0622 e. The van der Waals surface area contributed by atoms with E-state index in [1.807, 2.05) is 0 Å². The minimum atomic E-state index is 1.17. The van der Waals surface area contributed by atoms with Crippen LogP contribution < -0.4 is 0 Å². The van der Waals surface area contributed by atoms with Crippen molar-refractivity contribution in [1.82, 2.24) is 0 Å². The third-order valence-electron chi connectivity index (χ3n) is 7.10. The van der Waals surface area contributed by atoms with Gasteiger partial charge in [0.1, 0.15) is 0 Å². The summed E-state index contributed by atoms with van der Waals surface area (Å²) in [7, 11) is 0. The van der Waals surface area contributed by atoms with Gasteiger partial charge in [-0.05, 0) is 67.8 Å². The van der Waals surface area contributed by atoms with Gasteiger partial charge in [-0.15, -0.1) is 0 Å². The van der Waals surface area contributed by atoms with Gasteiger partial charge in [-0.25, -0.2) is 0 Å². The Labute approximate surface area is 237 Å². The zero-order chi connectivity index (χ0) is 27.0. The van der Waals surface area contributed by atoms with Gasteiger partial charge < -0.3 is 0 Å². The second-order valence-corrected chi connectivity index (χ2v) is 9.76. The van der Waals surface area contributed by atoms with E-state index in [1.165, 1.54) is 55.7 Å². The molecule has 6 rings (SSSR count). The highest BCUT2D eigenvalue weighted by Crippen LogP contribution is 2.41. The van der Waals surface area contributed by atoms with Crippen molar-refractivity contribution in [3.05, 3.63) is 203 Å². The minimum Gasteiger partial charge on any atom is -0.0622 e. The molecule has 0 fully saturated rings. The lowest BCUT2D eigenvalue weighted by molar-refractivity contribution is 1.48. The second kappa shape index (κ2) is 12.1. The first-order valence-electron chi connectivity index (χ1n) is 13.7. The molecule has 0 aliphatic carbocycles. The van der Waals surface area contributed by atoms with E-state index in [9.17, 15) is 0 Å². The van der Waals surface area contributed by atoms with Crippen LogP contribution in [0.3, 0.4) is 0 Å². The van der Waals surface area contributed by atoms with E-state index in [4.69, 9.17) is 0 Å². The van der Waals surface area contributed by atoms with E-state index in [2.05, 4.69) is 182 Å². The van der Waals surface area contributed by atoms with Crippen LogP contribution in [0.25, 0.3) is 34.4 Å². The summed E-state index contributed by atoms with van der Waals surface area (Å²) >= 11 is 0. The maximum Gasteiger partial charge on any atom is -0.00204 e. The summed E-state index contributed by atoms with van der Waals surface area (Å²) in [5, 5.41) is 0. The molecule has 0 nitrogen and oxygen atoms in total. The summed E-state index contributed by atoms with van der Waals surface area (Å²) in [5.74, 6) is 0. The summed E-state index contributed by atoms with van der Waals surface area (Å²) in [5.41, 5.74) is 11.9. The third kappa shape index (κ3) is 5.62. The molecule has 40 heavy (non-hydrogen) atoms. The van der Waals surface area contributed by atoms with E-state index >= 15 is 0 Å². The van der Waals surface area contributed by atoms with Gasteiger partial charge in [0.15, 0.2) is 0 Å². The molecule has 6 aromatic carbocycles. The SMILES string of the molecule is C(=C(c1ccccc1)c1cccc(-c2ccccc2)c1C(=Cc1ccccc1)c1ccccc1)c1ccccc1. The highest BCUT2D eigenvalue weighted by Gasteiger charge is 2.19. The molecule has 0 aromatic heterocycles. The van der Waals surface area contributed by atoms with Crippen LogP contribution in [-0.2, 0) is 0 Å². The van der Waals surface area contributed by atoms with Gasteiger partial charge in [-0.3, -0.25) is 0 Å². The molecular weight excluding hydrogens is 480 g/mol. The van der Waals surface area contributed by atoms with Crippen LogP contribution in [0, 0.1) is 0 Å². The van der Waals surface area contributed by atoms with Crippen LogP contribution in [0.4, 0.5) is 0 Å². The molecule has 0 unspecified atom stereocenters. The van der Waals surface area contributed by atoms with Crippen LogP contribution in [0.5, 0.6) is 0 Å². The van der Waals surface area contributed by atoms with Gasteiger partial charge in [0, 0.05) is 0 Å². The molecule has 0 aliphatic rings. The fourth-order valence-electron chi connectivity index (χ4n) is 5.21. The van der Waals surface area contributed by atoms with Gasteiger partial charge in [-0.1, -0.05) is 170 Å². The standard InChI is InChI=1S/C40H30/c1-6-17-31(18-7-1)29-38(34-23-12-4-13-24-34)37-28-16-27-36(33-21-10-3-11-22-33)40(37)39(35-25-14-5-15-26-35)30-32-19-8-2-9-20-32/h1-30H. The monoisotopic (exact) mass is 510 g/mol. The molecule has 0 saturated heterocycles. The van der Waals surface area contributed by atoms with Gasteiger partial charge in [-0.2, -0.15) is 0 Å². The maximum absolute atomic E-state index is 2.33. The highest BCUT2D eigenvalue weighted by molar-refractivity contribution is 6.04. The Morgan fingerprint density at radius 1 is 0.350 bits per heavy atom. The van der Waals surface area contributed by atoms with Crippen molar-refractivity contribution < 1.29 is 0 Å². The average Bonchev–Trinajstić information content (AvgIpc) is 3.04. The Morgan fingerprint density at radius 3 is 1.30 bits per heavy atom. The smallest absolute Gasteiger partial charge is 0.00204 e. The van der Waals surface area contributed by atoms with Crippen molar-refractivity contribution in [3.8, 4) is 11.1 Å². The van der Waals surface area contributed by atoms with Crippen LogP contribution >= 0.6 is 0 Å². The van der Waals surface area contributed by atoms with Gasteiger partial charge in [0.25, 0.3) is 0 Å². The zero-order valence-corrected chi connectivity index (χ0v) is 22.3. The van der Waals surface area contributed by atoms with E-state index in [1.54, 1.807) is 0 Å². The maximum atomic E-state index is 2.33. The fourth-order valence-corrected chi connectivity index (χ4v) is 5.21. The first-order chi connectivity index (χ1) is 19.9. The molecule has 190 valence electrons. The fraction of sp³-hybridized carbons (Fsp3) is 0. The van der Waals surface area contributed by atoms with Crippen LogP contribution in [0.15, 0.2) is 170 Å². The van der Waals surface area contributed by atoms with Crippen LogP contribution in [-0.4, -0.2) is 0 Å². The number of benzene rings is 6. The molecule has 0 spiro atoms. The van der Waals surface area contributed by atoms with Crippen molar-refractivity contribution >= 4 is 23.3 Å². The molecule has 0 N–H and O–H groups in total. The summed E-state index contributed by atoms with van der Waals surface area (Å²) < 4.78 is 0. The molecule has 0 saturated carbocycles. The van der Waals surface area contributed by atoms with E-state index in [-0.39, 0.29) is 0 Å². The van der Waals surface area contributed by atoms with E-state index in [0.29, 0.717) is 0 Å². The second-order valence-electron chi connectivity index (χ2n) is 9.76. The van der Waals surface area contributed by atoms with Crippen molar-refractivity contribution in [2.45, 2.75) is 0 Å². The van der Waals surface area contributed by atoms with Crippen molar-refractivity contribution in [2.24, 2.45) is 0 Å².